The number of fused-ring (bicyclic) bond motifs is 8. The summed E-state index contributed by atoms with van der Waals surface area (Å²) in [5.74, 6) is 0.909. The molecular weight excluding hydrogens is 872 g/mol. The fourth-order valence-electron chi connectivity index (χ4n) is 13.1. The second-order valence-electron chi connectivity index (χ2n) is 26.7. The number of benzene rings is 7. The predicted octanol–water partition coefficient (Wildman–Crippen LogP) is 17.8. The van der Waals surface area contributed by atoms with Crippen molar-refractivity contribution in [2.24, 2.45) is 0 Å². The summed E-state index contributed by atoms with van der Waals surface area (Å²) >= 11 is 0. The molecule has 8 aromatic rings. The van der Waals surface area contributed by atoms with Crippen molar-refractivity contribution < 1.29 is 4.42 Å². The maximum Gasteiger partial charge on any atom is 0.337 e. The first kappa shape index (κ1) is 46.8. The molecule has 0 N–H and O–H groups in total. The lowest BCUT2D eigenvalue weighted by Crippen LogP contribution is -2.61. The van der Waals surface area contributed by atoms with Gasteiger partial charge in [-0.15, -0.1) is 0 Å². The molecule has 0 unspecified atom stereocenters. The third-order valence-corrected chi connectivity index (χ3v) is 17.9. The van der Waals surface area contributed by atoms with Crippen molar-refractivity contribution >= 4 is 57.4 Å². The first-order chi connectivity index (χ1) is 33.9. The molecule has 0 fully saturated rings. The highest BCUT2D eigenvalue weighted by atomic mass is 16.4. The van der Waals surface area contributed by atoms with Crippen molar-refractivity contribution in [1.82, 2.24) is 0 Å². The SMILES string of the molecule is CC(C)(C)c1ccc(N2c3cc(C(C)(C)C)cc4c3B(c3c2oc2cc5c(cc32)C(C)(C)CCC5(C)C)N(c2ccc3c(c2)C(C)(C)CCC3(C)C)c2ccc(-c3ccccc3)cc2-4)c(-c2ccccc2)c1. The van der Waals surface area contributed by atoms with E-state index in [9.17, 15) is 0 Å². The summed E-state index contributed by atoms with van der Waals surface area (Å²) in [4.78, 5) is 5.28. The summed E-state index contributed by atoms with van der Waals surface area (Å²) in [5.41, 5.74) is 24.0. The molecule has 1 aromatic heterocycles. The molecule has 7 aromatic carbocycles. The minimum atomic E-state index is -0.198. The molecule has 0 saturated heterocycles. The Labute approximate surface area is 430 Å². The van der Waals surface area contributed by atoms with E-state index >= 15 is 0 Å². The van der Waals surface area contributed by atoms with Crippen LogP contribution in [0, 0.1) is 0 Å². The van der Waals surface area contributed by atoms with Gasteiger partial charge in [0.15, 0.2) is 0 Å². The zero-order valence-corrected chi connectivity index (χ0v) is 45.5. The predicted molar refractivity (Wildman–Crippen MR) is 309 cm³/mol. The molecule has 72 heavy (non-hydrogen) atoms. The van der Waals surface area contributed by atoms with E-state index in [2.05, 4.69) is 246 Å². The van der Waals surface area contributed by atoms with Crippen LogP contribution in [0.25, 0.3) is 44.3 Å². The Morgan fingerprint density at radius 1 is 0.431 bits per heavy atom. The Kier molecular flexibility index (Phi) is 10.2. The molecule has 3 nitrogen and oxygen atoms in total. The highest BCUT2D eigenvalue weighted by Crippen LogP contribution is 2.55. The van der Waals surface area contributed by atoms with Crippen LogP contribution in [0.2, 0.25) is 0 Å². The van der Waals surface area contributed by atoms with Gasteiger partial charge in [-0.25, -0.2) is 0 Å². The Hall–Kier alpha value is -6.26. The van der Waals surface area contributed by atoms with E-state index < -0.39 is 0 Å². The molecule has 0 spiro atoms. The van der Waals surface area contributed by atoms with Crippen LogP contribution in [0.1, 0.15) is 156 Å². The van der Waals surface area contributed by atoms with Gasteiger partial charge in [-0.2, -0.15) is 0 Å². The molecule has 12 rings (SSSR count). The van der Waals surface area contributed by atoms with Crippen molar-refractivity contribution in [3.05, 3.63) is 173 Å². The lowest BCUT2D eigenvalue weighted by atomic mass is 9.43. The van der Waals surface area contributed by atoms with E-state index in [1.54, 1.807) is 0 Å². The largest absolute Gasteiger partial charge is 0.440 e. The van der Waals surface area contributed by atoms with Crippen LogP contribution in [0.5, 0.6) is 0 Å². The van der Waals surface area contributed by atoms with Gasteiger partial charge in [0.1, 0.15) is 5.58 Å². The molecular formula is C68H73BN2O. The van der Waals surface area contributed by atoms with Gasteiger partial charge in [-0.3, -0.25) is 4.90 Å². The van der Waals surface area contributed by atoms with E-state index in [4.69, 9.17) is 4.42 Å². The topological polar surface area (TPSA) is 19.6 Å². The van der Waals surface area contributed by atoms with E-state index in [-0.39, 0.29) is 39.3 Å². The number of furan rings is 1. The number of hydrogen-bond donors (Lipinski definition) is 0. The molecule has 4 heteroatoms. The molecule has 4 aliphatic rings. The van der Waals surface area contributed by atoms with E-state index in [1.807, 2.05) is 0 Å². The van der Waals surface area contributed by atoms with Gasteiger partial charge in [-0.1, -0.05) is 182 Å². The van der Waals surface area contributed by atoms with Crippen molar-refractivity contribution in [2.75, 3.05) is 9.71 Å². The molecule has 2 aliphatic carbocycles. The fourth-order valence-corrected chi connectivity index (χ4v) is 13.1. The van der Waals surface area contributed by atoms with Crippen LogP contribution < -0.4 is 20.6 Å². The monoisotopic (exact) mass is 945 g/mol. The quantitative estimate of drug-likeness (QED) is 0.164. The number of hydrogen-bond acceptors (Lipinski definition) is 3. The summed E-state index contributed by atoms with van der Waals surface area (Å²) in [5, 5.41) is 1.21. The van der Waals surface area contributed by atoms with Crippen LogP contribution in [0.3, 0.4) is 0 Å². The van der Waals surface area contributed by atoms with Crippen molar-refractivity contribution in [1.29, 1.82) is 0 Å². The molecule has 364 valence electrons. The van der Waals surface area contributed by atoms with Gasteiger partial charge >= 0.3 is 6.85 Å². The van der Waals surface area contributed by atoms with Crippen LogP contribution in [0.4, 0.5) is 28.6 Å². The Morgan fingerprint density at radius 3 is 1.61 bits per heavy atom. The number of nitrogens with zero attached hydrogens (tertiary/aromatic N) is 2. The maximum atomic E-state index is 7.75. The summed E-state index contributed by atoms with van der Waals surface area (Å²) in [6.45, 7) is 33.5. The van der Waals surface area contributed by atoms with E-state index in [1.165, 1.54) is 107 Å². The van der Waals surface area contributed by atoms with Gasteiger partial charge < -0.3 is 9.23 Å². The summed E-state index contributed by atoms with van der Waals surface area (Å²) in [6.07, 6.45) is 4.61. The van der Waals surface area contributed by atoms with Crippen LogP contribution in [-0.4, -0.2) is 6.85 Å². The molecule has 0 amide bonds. The molecule has 2 aliphatic heterocycles. The lowest BCUT2D eigenvalue weighted by molar-refractivity contribution is 0.332. The highest BCUT2D eigenvalue weighted by Gasteiger charge is 2.50. The van der Waals surface area contributed by atoms with Gasteiger partial charge in [0.05, 0.1) is 5.69 Å². The third kappa shape index (κ3) is 7.20. The third-order valence-electron chi connectivity index (χ3n) is 17.9. The average molecular weight is 945 g/mol. The van der Waals surface area contributed by atoms with Gasteiger partial charge in [-0.05, 0) is 174 Å². The fraction of sp³-hybridized carbons (Fsp3) is 0.353. The van der Waals surface area contributed by atoms with Gasteiger partial charge in [0, 0.05) is 39.0 Å². The zero-order valence-electron chi connectivity index (χ0n) is 45.5. The normalized spacial score (nSPS) is 18.0. The standard InChI is InChI=1S/C68H73BN2O/c1-63(2,3)45-26-30-56(48(36-45)43-23-19-16-20-24-43)70-58-38-46(64(4,5)6)37-50-49-35-44(42-21-17-15-18-22-42)25-29-57(49)71(47-27-28-52-53(39-47)66(9,10)32-31-65(52,7)8)69(60(50)58)61-51-40-54-55(41-59(51)72-62(61)70)68(13,14)34-33-67(54,11)12/h15-30,35-41H,31-34H2,1-14H3. The minimum absolute atomic E-state index is 0.00899. The molecule has 0 saturated carbocycles. The highest BCUT2D eigenvalue weighted by molar-refractivity contribution is 6.95. The van der Waals surface area contributed by atoms with Crippen molar-refractivity contribution in [3.8, 4) is 33.4 Å². The number of rotatable bonds is 4. The van der Waals surface area contributed by atoms with Crippen LogP contribution in [0.15, 0.2) is 144 Å². The molecule has 0 atom stereocenters. The minimum Gasteiger partial charge on any atom is -0.440 e. The summed E-state index contributed by atoms with van der Waals surface area (Å²) in [6, 6.07) is 54.1. The van der Waals surface area contributed by atoms with Crippen molar-refractivity contribution in [2.45, 2.75) is 155 Å². The van der Waals surface area contributed by atoms with Crippen molar-refractivity contribution in [3.63, 3.8) is 0 Å². The molecule has 0 bridgehead atoms. The number of anilines is 5. The van der Waals surface area contributed by atoms with E-state index in [0.717, 1.165) is 36.4 Å². The maximum absolute atomic E-state index is 7.75. The second kappa shape index (κ2) is 15.6. The average Bonchev–Trinajstić information content (AvgIpc) is 3.72. The Balaban J connectivity index is 1.25. The smallest absolute Gasteiger partial charge is 0.337 e. The van der Waals surface area contributed by atoms with Crippen LogP contribution in [-0.2, 0) is 32.5 Å². The molecule has 3 heterocycles. The first-order valence-electron chi connectivity index (χ1n) is 26.9. The zero-order chi connectivity index (χ0) is 50.7. The van der Waals surface area contributed by atoms with Crippen LogP contribution >= 0.6 is 0 Å². The Morgan fingerprint density at radius 2 is 0.986 bits per heavy atom. The van der Waals surface area contributed by atoms with E-state index in [0.29, 0.717) is 0 Å². The summed E-state index contributed by atoms with van der Waals surface area (Å²) in [7, 11) is 0. The Bertz CT molecular complexity index is 3500. The van der Waals surface area contributed by atoms with Gasteiger partial charge in [0.25, 0.3) is 0 Å². The summed E-state index contributed by atoms with van der Waals surface area (Å²) < 4.78 is 7.75. The second-order valence-corrected chi connectivity index (χ2v) is 26.7. The van der Waals surface area contributed by atoms with Gasteiger partial charge in [0.2, 0.25) is 5.88 Å². The first-order valence-corrected chi connectivity index (χ1v) is 26.9. The molecule has 0 radical (unpaired) electrons. The lowest BCUT2D eigenvalue weighted by Gasteiger charge is -2.46.